The molecule has 0 unspecified atom stereocenters. The van der Waals surface area contributed by atoms with Gasteiger partial charge in [-0.05, 0) is 55.5 Å². The Morgan fingerprint density at radius 2 is 1.57 bits per heavy atom. The van der Waals surface area contributed by atoms with Gasteiger partial charge in [0.1, 0.15) is 11.5 Å². The van der Waals surface area contributed by atoms with Gasteiger partial charge in [-0.25, -0.2) is 0 Å². The molecule has 0 saturated heterocycles. The number of aryl methyl sites for hydroxylation is 1. The first-order valence-corrected chi connectivity index (χ1v) is 8.70. The third kappa shape index (κ3) is 4.07. The van der Waals surface area contributed by atoms with Crippen molar-refractivity contribution in [3.63, 3.8) is 0 Å². The zero-order chi connectivity index (χ0) is 19.3. The van der Waals surface area contributed by atoms with Crippen LogP contribution < -0.4 is 10.1 Å². The van der Waals surface area contributed by atoms with Gasteiger partial charge in [0.2, 0.25) is 0 Å². The van der Waals surface area contributed by atoms with E-state index in [1.807, 2.05) is 31.2 Å². The third-order valence-corrected chi connectivity index (χ3v) is 4.08. The molecule has 4 aromatic rings. The molecule has 0 saturated carbocycles. The van der Waals surface area contributed by atoms with Crippen LogP contribution in [0.15, 0.2) is 83.6 Å². The quantitative estimate of drug-likeness (QED) is 0.529. The molecule has 0 aliphatic heterocycles. The van der Waals surface area contributed by atoms with Gasteiger partial charge in [0.05, 0.1) is 0 Å². The molecule has 28 heavy (non-hydrogen) atoms. The highest BCUT2D eigenvalue weighted by molar-refractivity contribution is 6.03. The predicted molar refractivity (Wildman–Crippen MR) is 105 cm³/mol. The number of carbonyl (C=O) groups excluding carboxylic acids is 1. The molecule has 6 nitrogen and oxygen atoms in total. The summed E-state index contributed by atoms with van der Waals surface area (Å²) in [5.74, 6) is 1.60. The molecular formula is C22H17N3O3. The molecule has 2 heterocycles. The lowest BCUT2D eigenvalue weighted by atomic mass is 10.2. The molecular weight excluding hydrogens is 354 g/mol. The number of aromatic nitrogens is 2. The van der Waals surface area contributed by atoms with Crippen LogP contribution in [0.1, 0.15) is 16.1 Å². The number of hydrogen-bond acceptors (Lipinski definition) is 5. The van der Waals surface area contributed by atoms with Crippen LogP contribution in [0.3, 0.4) is 0 Å². The molecule has 4 rings (SSSR count). The maximum absolute atomic E-state index is 12.4. The summed E-state index contributed by atoms with van der Waals surface area (Å²) in [5.41, 5.74) is 2.81. The molecule has 1 amide bonds. The van der Waals surface area contributed by atoms with Gasteiger partial charge < -0.3 is 14.6 Å². The maximum atomic E-state index is 12.4. The Hall–Kier alpha value is -3.93. The van der Waals surface area contributed by atoms with E-state index in [-0.39, 0.29) is 11.6 Å². The van der Waals surface area contributed by atoms with E-state index in [4.69, 9.17) is 9.26 Å². The van der Waals surface area contributed by atoms with Gasteiger partial charge in [0, 0.05) is 29.7 Å². The predicted octanol–water partition coefficient (Wildman–Crippen LogP) is 5.09. The van der Waals surface area contributed by atoms with Crippen molar-refractivity contribution in [2.75, 3.05) is 5.32 Å². The molecule has 0 aliphatic rings. The van der Waals surface area contributed by atoms with E-state index in [2.05, 4.69) is 15.5 Å². The van der Waals surface area contributed by atoms with Crippen LogP contribution in [0, 0.1) is 6.92 Å². The Morgan fingerprint density at radius 3 is 2.25 bits per heavy atom. The normalized spacial score (nSPS) is 10.5. The summed E-state index contributed by atoms with van der Waals surface area (Å²) in [7, 11) is 0. The summed E-state index contributed by atoms with van der Waals surface area (Å²) in [6.45, 7) is 2.02. The minimum absolute atomic E-state index is 0.201. The first-order valence-electron chi connectivity index (χ1n) is 8.70. The Kier molecular flexibility index (Phi) is 4.84. The van der Waals surface area contributed by atoms with Crippen molar-refractivity contribution in [1.29, 1.82) is 0 Å². The number of pyridine rings is 1. The van der Waals surface area contributed by atoms with E-state index in [9.17, 15) is 4.79 Å². The lowest BCUT2D eigenvalue weighted by molar-refractivity contribution is 0.101. The van der Waals surface area contributed by atoms with Crippen LogP contribution in [0.5, 0.6) is 11.5 Å². The van der Waals surface area contributed by atoms with Gasteiger partial charge in [-0.3, -0.25) is 9.78 Å². The lowest BCUT2D eigenvalue weighted by Crippen LogP contribution is -2.11. The number of benzene rings is 2. The molecule has 0 bridgehead atoms. The van der Waals surface area contributed by atoms with Crippen molar-refractivity contribution in [3.8, 4) is 22.8 Å². The first-order chi connectivity index (χ1) is 13.7. The third-order valence-electron chi connectivity index (χ3n) is 4.08. The van der Waals surface area contributed by atoms with Crippen molar-refractivity contribution in [2.24, 2.45) is 0 Å². The van der Waals surface area contributed by atoms with Crippen LogP contribution in [0.25, 0.3) is 11.3 Å². The molecule has 0 atom stereocenters. The zero-order valence-electron chi connectivity index (χ0n) is 15.1. The minimum Gasteiger partial charge on any atom is -0.457 e. The van der Waals surface area contributed by atoms with E-state index in [0.29, 0.717) is 17.2 Å². The maximum Gasteiger partial charge on any atom is 0.277 e. The van der Waals surface area contributed by atoms with Crippen molar-refractivity contribution in [3.05, 3.63) is 90.4 Å². The van der Waals surface area contributed by atoms with Gasteiger partial charge in [-0.15, -0.1) is 0 Å². The lowest BCUT2D eigenvalue weighted by Gasteiger charge is -2.07. The summed E-state index contributed by atoms with van der Waals surface area (Å²) in [5, 5.41) is 6.63. The summed E-state index contributed by atoms with van der Waals surface area (Å²) in [6.07, 6.45) is 3.30. The van der Waals surface area contributed by atoms with E-state index < -0.39 is 0 Å². The highest BCUT2D eigenvalue weighted by Crippen LogP contribution is 2.24. The molecule has 0 radical (unpaired) electrons. The van der Waals surface area contributed by atoms with Gasteiger partial charge >= 0.3 is 0 Å². The highest BCUT2D eigenvalue weighted by atomic mass is 16.5. The van der Waals surface area contributed by atoms with Crippen LogP contribution in [-0.4, -0.2) is 16.0 Å². The molecule has 2 aromatic carbocycles. The van der Waals surface area contributed by atoms with Crippen LogP contribution in [0.4, 0.5) is 5.69 Å². The standard InChI is InChI=1S/C22H17N3O3/c1-15-2-6-18(7-3-15)27-19-8-4-17(5-9-19)24-22(26)20-14-21(28-25-20)16-10-12-23-13-11-16/h2-14H,1H3,(H,24,26). The zero-order valence-corrected chi connectivity index (χ0v) is 15.1. The van der Waals surface area contributed by atoms with E-state index in [1.165, 1.54) is 5.56 Å². The summed E-state index contributed by atoms with van der Waals surface area (Å²) in [4.78, 5) is 16.3. The largest absolute Gasteiger partial charge is 0.457 e. The van der Waals surface area contributed by atoms with Crippen molar-refractivity contribution < 1.29 is 14.1 Å². The number of anilines is 1. The minimum atomic E-state index is -0.351. The fourth-order valence-corrected chi connectivity index (χ4v) is 2.58. The number of carbonyl (C=O) groups is 1. The Morgan fingerprint density at radius 1 is 0.929 bits per heavy atom. The van der Waals surface area contributed by atoms with Gasteiger partial charge in [-0.1, -0.05) is 22.9 Å². The average molecular weight is 371 g/mol. The van der Waals surface area contributed by atoms with Crippen LogP contribution in [0.2, 0.25) is 0 Å². The highest BCUT2D eigenvalue weighted by Gasteiger charge is 2.14. The summed E-state index contributed by atoms with van der Waals surface area (Å²) in [6, 6.07) is 20.1. The average Bonchev–Trinajstić information content (AvgIpc) is 3.22. The van der Waals surface area contributed by atoms with Crippen LogP contribution in [-0.2, 0) is 0 Å². The van der Waals surface area contributed by atoms with E-state index in [1.54, 1.807) is 54.9 Å². The molecule has 138 valence electrons. The molecule has 2 aromatic heterocycles. The number of rotatable bonds is 5. The molecule has 6 heteroatoms. The first kappa shape index (κ1) is 17.5. The topological polar surface area (TPSA) is 77.2 Å². The SMILES string of the molecule is Cc1ccc(Oc2ccc(NC(=O)c3cc(-c4ccncc4)on3)cc2)cc1. The Labute approximate surface area is 161 Å². The van der Waals surface area contributed by atoms with Crippen molar-refractivity contribution in [2.45, 2.75) is 6.92 Å². The van der Waals surface area contributed by atoms with E-state index >= 15 is 0 Å². The number of amides is 1. The number of ether oxygens (including phenoxy) is 1. The van der Waals surface area contributed by atoms with Crippen LogP contribution >= 0.6 is 0 Å². The van der Waals surface area contributed by atoms with Crippen molar-refractivity contribution in [1.82, 2.24) is 10.1 Å². The fraction of sp³-hybridized carbons (Fsp3) is 0.0455. The second-order valence-electron chi connectivity index (χ2n) is 6.21. The summed E-state index contributed by atoms with van der Waals surface area (Å²) >= 11 is 0. The molecule has 0 fully saturated rings. The van der Waals surface area contributed by atoms with Gasteiger partial charge in [0.25, 0.3) is 5.91 Å². The van der Waals surface area contributed by atoms with E-state index in [0.717, 1.165) is 11.3 Å². The number of nitrogens with zero attached hydrogens (tertiary/aromatic N) is 2. The Balaban J connectivity index is 1.41. The van der Waals surface area contributed by atoms with Crippen molar-refractivity contribution >= 4 is 11.6 Å². The second-order valence-corrected chi connectivity index (χ2v) is 6.21. The molecule has 1 N–H and O–H groups in total. The van der Waals surface area contributed by atoms with Gasteiger partial charge in [0.15, 0.2) is 11.5 Å². The Bertz CT molecular complexity index is 1070. The second kappa shape index (κ2) is 7.75. The summed E-state index contributed by atoms with van der Waals surface area (Å²) < 4.78 is 11.0. The fourth-order valence-electron chi connectivity index (χ4n) is 2.58. The number of hydrogen-bond donors (Lipinski definition) is 1. The monoisotopic (exact) mass is 371 g/mol. The molecule has 0 aliphatic carbocycles. The molecule has 0 spiro atoms. The smallest absolute Gasteiger partial charge is 0.277 e. The number of nitrogens with one attached hydrogen (secondary N) is 1. The van der Waals surface area contributed by atoms with Gasteiger partial charge in [-0.2, -0.15) is 0 Å².